The Morgan fingerprint density at radius 3 is 2.33 bits per heavy atom. The van der Waals surface area contributed by atoms with Gasteiger partial charge in [0.1, 0.15) is 5.69 Å². The average molecular weight is 293 g/mol. The highest BCUT2D eigenvalue weighted by atomic mass is 16.4. The molecule has 1 aliphatic rings. The van der Waals surface area contributed by atoms with Gasteiger partial charge in [-0.2, -0.15) is 0 Å². The molecule has 1 amide bonds. The Labute approximate surface area is 124 Å². The Kier molecular flexibility index (Phi) is 3.84. The van der Waals surface area contributed by atoms with Gasteiger partial charge in [-0.3, -0.25) is 9.69 Å². The molecule has 1 saturated heterocycles. The van der Waals surface area contributed by atoms with Crippen LogP contribution in [0.15, 0.2) is 0 Å². The molecule has 2 heterocycles. The van der Waals surface area contributed by atoms with E-state index in [4.69, 9.17) is 5.11 Å². The standard InChI is InChI=1S/C15H23N3O3/c1-9-11(10(2)16-12(9)14(20)21)13(19)18-7-6-17(5)15(3,4)8-18/h16H,6-8H2,1-5H3,(H,20,21). The summed E-state index contributed by atoms with van der Waals surface area (Å²) in [5.74, 6) is -1.12. The molecule has 0 saturated carbocycles. The minimum absolute atomic E-state index is 0.0817. The van der Waals surface area contributed by atoms with Crippen molar-refractivity contribution in [1.29, 1.82) is 0 Å². The molecule has 0 bridgehead atoms. The van der Waals surface area contributed by atoms with Crippen LogP contribution in [0.4, 0.5) is 0 Å². The fourth-order valence-corrected chi connectivity index (χ4v) is 2.86. The number of carboxylic acid groups (broad SMARTS) is 1. The maximum Gasteiger partial charge on any atom is 0.352 e. The van der Waals surface area contributed by atoms with Crippen molar-refractivity contribution in [3.8, 4) is 0 Å². The Morgan fingerprint density at radius 1 is 1.24 bits per heavy atom. The Hall–Kier alpha value is -1.82. The lowest BCUT2D eigenvalue weighted by atomic mass is 9.98. The number of aryl methyl sites for hydroxylation is 1. The molecule has 0 atom stereocenters. The molecule has 1 aromatic heterocycles. The first-order chi connectivity index (χ1) is 9.65. The maximum absolute atomic E-state index is 12.8. The first-order valence-electron chi connectivity index (χ1n) is 7.08. The van der Waals surface area contributed by atoms with Crippen molar-refractivity contribution in [3.63, 3.8) is 0 Å². The lowest BCUT2D eigenvalue weighted by Crippen LogP contribution is -2.58. The lowest BCUT2D eigenvalue weighted by Gasteiger charge is -2.45. The zero-order valence-electron chi connectivity index (χ0n) is 13.3. The maximum atomic E-state index is 12.8. The summed E-state index contributed by atoms with van der Waals surface area (Å²) in [7, 11) is 2.05. The van der Waals surface area contributed by atoms with E-state index >= 15 is 0 Å². The molecule has 2 rings (SSSR count). The molecule has 1 aliphatic heterocycles. The number of aromatic carboxylic acids is 1. The van der Waals surface area contributed by atoms with Gasteiger partial charge in [-0.25, -0.2) is 4.79 Å². The highest BCUT2D eigenvalue weighted by Gasteiger charge is 2.35. The fraction of sp³-hybridized carbons (Fsp3) is 0.600. The molecule has 116 valence electrons. The van der Waals surface area contributed by atoms with Crippen LogP contribution in [0.2, 0.25) is 0 Å². The van der Waals surface area contributed by atoms with E-state index in [0.29, 0.717) is 29.9 Å². The highest BCUT2D eigenvalue weighted by molar-refractivity contribution is 6.00. The van der Waals surface area contributed by atoms with Crippen molar-refractivity contribution in [2.75, 3.05) is 26.7 Å². The number of nitrogens with one attached hydrogen (secondary N) is 1. The molecular formula is C15H23N3O3. The number of H-pyrrole nitrogens is 1. The van der Waals surface area contributed by atoms with Gasteiger partial charge in [-0.05, 0) is 40.3 Å². The van der Waals surface area contributed by atoms with Crippen LogP contribution in [0, 0.1) is 13.8 Å². The zero-order chi connectivity index (χ0) is 15.9. The molecule has 0 spiro atoms. The Bertz CT molecular complexity index is 589. The van der Waals surface area contributed by atoms with Gasteiger partial charge in [0.15, 0.2) is 0 Å². The molecule has 2 N–H and O–H groups in total. The summed E-state index contributed by atoms with van der Waals surface area (Å²) < 4.78 is 0. The number of amides is 1. The Morgan fingerprint density at radius 2 is 1.86 bits per heavy atom. The van der Waals surface area contributed by atoms with Crippen molar-refractivity contribution in [2.45, 2.75) is 33.2 Å². The van der Waals surface area contributed by atoms with Gasteiger partial charge in [0.05, 0.1) is 5.56 Å². The van der Waals surface area contributed by atoms with Crippen molar-refractivity contribution in [3.05, 3.63) is 22.5 Å². The second kappa shape index (κ2) is 5.18. The van der Waals surface area contributed by atoms with E-state index in [0.717, 1.165) is 6.54 Å². The molecule has 0 aromatic carbocycles. The van der Waals surface area contributed by atoms with Crippen molar-refractivity contribution < 1.29 is 14.7 Å². The first-order valence-corrected chi connectivity index (χ1v) is 7.08. The van der Waals surface area contributed by atoms with Gasteiger partial charge in [0.2, 0.25) is 0 Å². The predicted molar refractivity (Wildman–Crippen MR) is 79.8 cm³/mol. The molecule has 21 heavy (non-hydrogen) atoms. The number of carbonyl (C=O) groups is 2. The molecular weight excluding hydrogens is 270 g/mol. The van der Waals surface area contributed by atoms with Gasteiger partial charge in [0.25, 0.3) is 5.91 Å². The van der Waals surface area contributed by atoms with Crippen molar-refractivity contribution in [1.82, 2.24) is 14.8 Å². The lowest BCUT2D eigenvalue weighted by molar-refractivity contribution is 0.0310. The summed E-state index contributed by atoms with van der Waals surface area (Å²) in [6, 6.07) is 0. The van der Waals surface area contributed by atoms with Crippen LogP contribution in [-0.2, 0) is 0 Å². The second-order valence-corrected chi connectivity index (χ2v) is 6.39. The van der Waals surface area contributed by atoms with Crippen LogP contribution < -0.4 is 0 Å². The topological polar surface area (TPSA) is 76.6 Å². The number of piperazine rings is 1. The normalized spacial score (nSPS) is 18.8. The van der Waals surface area contributed by atoms with Gasteiger partial charge in [-0.1, -0.05) is 0 Å². The second-order valence-electron chi connectivity index (χ2n) is 6.39. The number of likely N-dealkylation sites (N-methyl/N-ethyl adjacent to an activating group) is 1. The van der Waals surface area contributed by atoms with E-state index < -0.39 is 5.97 Å². The van der Waals surface area contributed by atoms with Crippen LogP contribution in [0.3, 0.4) is 0 Å². The summed E-state index contributed by atoms with van der Waals surface area (Å²) in [5.41, 5.74) is 1.65. The zero-order valence-corrected chi connectivity index (χ0v) is 13.3. The van der Waals surface area contributed by atoms with E-state index in [1.165, 1.54) is 0 Å². The molecule has 0 unspecified atom stereocenters. The molecule has 0 aliphatic carbocycles. The predicted octanol–water partition coefficient (Wildman–Crippen LogP) is 1.50. The van der Waals surface area contributed by atoms with E-state index in [1.54, 1.807) is 13.8 Å². The minimum Gasteiger partial charge on any atom is -0.477 e. The quantitative estimate of drug-likeness (QED) is 0.866. The average Bonchev–Trinajstić information content (AvgIpc) is 2.67. The summed E-state index contributed by atoms with van der Waals surface area (Å²) in [4.78, 5) is 30.8. The third-order valence-electron chi connectivity index (χ3n) is 4.47. The fourth-order valence-electron chi connectivity index (χ4n) is 2.86. The van der Waals surface area contributed by atoms with Crippen LogP contribution >= 0.6 is 0 Å². The number of aromatic nitrogens is 1. The molecule has 6 heteroatoms. The largest absolute Gasteiger partial charge is 0.477 e. The SMILES string of the molecule is Cc1[nH]c(C(=O)O)c(C)c1C(=O)N1CCN(C)C(C)(C)C1. The monoisotopic (exact) mass is 293 g/mol. The van der Waals surface area contributed by atoms with Crippen molar-refractivity contribution in [2.24, 2.45) is 0 Å². The molecule has 6 nitrogen and oxygen atoms in total. The van der Waals surface area contributed by atoms with Crippen LogP contribution in [-0.4, -0.2) is 64.0 Å². The van der Waals surface area contributed by atoms with E-state index in [9.17, 15) is 9.59 Å². The number of aromatic amines is 1. The molecule has 1 aromatic rings. The van der Waals surface area contributed by atoms with E-state index in [1.807, 2.05) is 4.90 Å². The number of carbonyl (C=O) groups excluding carboxylic acids is 1. The third kappa shape index (κ3) is 2.68. The van der Waals surface area contributed by atoms with Crippen LogP contribution in [0.5, 0.6) is 0 Å². The first kappa shape index (κ1) is 15.6. The van der Waals surface area contributed by atoms with E-state index in [-0.39, 0.29) is 17.1 Å². The highest BCUT2D eigenvalue weighted by Crippen LogP contribution is 2.24. The number of rotatable bonds is 2. The van der Waals surface area contributed by atoms with Gasteiger partial charge >= 0.3 is 5.97 Å². The number of hydrogen-bond donors (Lipinski definition) is 2. The number of carboxylic acids is 1. The molecule has 1 fully saturated rings. The van der Waals surface area contributed by atoms with Gasteiger partial charge in [0, 0.05) is 30.9 Å². The minimum atomic E-state index is -1.03. The smallest absolute Gasteiger partial charge is 0.352 e. The Balaban J connectivity index is 2.31. The summed E-state index contributed by atoms with van der Waals surface area (Å²) in [6.07, 6.45) is 0. The number of hydrogen-bond acceptors (Lipinski definition) is 3. The molecule has 0 radical (unpaired) electrons. The van der Waals surface area contributed by atoms with E-state index in [2.05, 4.69) is 30.8 Å². The van der Waals surface area contributed by atoms with Crippen LogP contribution in [0.25, 0.3) is 0 Å². The van der Waals surface area contributed by atoms with Crippen molar-refractivity contribution >= 4 is 11.9 Å². The summed E-state index contributed by atoms with van der Waals surface area (Å²) >= 11 is 0. The summed E-state index contributed by atoms with van der Waals surface area (Å²) in [6.45, 7) is 9.74. The summed E-state index contributed by atoms with van der Waals surface area (Å²) in [5, 5.41) is 9.15. The third-order valence-corrected chi connectivity index (χ3v) is 4.47. The van der Waals surface area contributed by atoms with Crippen LogP contribution in [0.1, 0.15) is 46.0 Å². The number of nitrogens with zero attached hydrogens (tertiary/aromatic N) is 2. The van der Waals surface area contributed by atoms with Gasteiger partial charge in [-0.15, -0.1) is 0 Å². The van der Waals surface area contributed by atoms with Gasteiger partial charge < -0.3 is 15.0 Å².